The Hall–Kier alpha value is -1.21. The Bertz CT molecular complexity index is 489. The van der Waals surface area contributed by atoms with Crippen LogP contribution in [0.4, 0.5) is 5.82 Å². The molecule has 0 saturated heterocycles. The fourth-order valence-corrected chi connectivity index (χ4v) is 3.27. The lowest BCUT2D eigenvalue weighted by Gasteiger charge is -2.16. The second kappa shape index (κ2) is 6.49. The number of anilines is 1. The average Bonchev–Trinajstić information content (AvgIpc) is 2.94. The van der Waals surface area contributed by atoms with E-state index >= 15 is 0 Å². The predicted molar refractivity (Wildman–Crippen MR) is 77.9 cm³/mol. The molecular formula is C13H21N3O3S. The third kappa shape index (κ3) is 2.78. The van der Waals surface area contributed by atoms with Crippen molar-refractivity contribution in [1.82, 2.24) is 9.78 Å². The molecule has 1 aromatic heterocycles. The summed E-state index contributed by atoms with van der Waals surface area (Å²) in [5, 5.41) is 15.0. The summed E-state index contributed by atoms with van der Waals surface area (Å²) in [7, 11) is 0. The first-order valence-corrected chi connectivity index (χ1v) is 7.94. The zero-order valence-electron chi connectivity index (χ0n) is 11.8. The van der Waals surface area contributed by atoms with Gasteiger partial charge in [0.25, 0.3) is 0 Å². The Morgan fingerprint density at radius 1 is 1.55 bits per heavy atom. The van der Waals surface area contributed by atoms with Crippen molar-refractivity contribution in [3.05, 3.63) is 5.56 Å². The molecule has 0 amide bonds. The van der Waals surface area contributed by atoms with E-state index < -0.39 is 12.1 Å². The van der Waals surface area contributed by atoms with Crippen molar-refractivity contribution in [3.8, 4) is 0 Å². The van der Waals surface area contributed by atoms with Crippen LogP contribution in [0.25, 0.3) is 0 Å². The van der Waals surface area contributed by atoms with E-state index in [9.17, 15) is 9.90 Å². The number of aliphatic hydroxyl groups is 1. The van der Waals surface area contributed by atoms with Crippen molar-refractivity contribution < 1.29 is 14.6 Å². The van der Waals surface area contributed by atoms with E-state index in [2.05, 4.69) is 5.10 Å². The second-order valence-electron chi connectivity index (χ2n) is 4.73. The van der Waals surface area contributed by atoms with Gasteiger partial charge in [-0.25, -0.2) is 9.48 Å². The molecule has 0 bridgehead atoms. The van der Waals surface area contributed by atoms with Gasteiger partial charge in [-0.05, 0) is 31.9 Å². The molecule has 1 aliphatic rings. The quantitative estimate of drug-likeness (QED) is 0.637. The van der Waals surface area contributed by atoms with Gasteiger partial charge in [-0.3, -0.25) is 0 Å². The lowest BCUT2D eigenvalue weighted by molar-refractivity contribution is 0.0523. The summed E-state index contributed by atoms with van der Waals surface area (Å²) < 4.78 is 6.65. The maximum Gasteiger partial charge on any atom is 0.344 e. The van der Waals surface area contributed by atoms with E-state index in [-0.39, 0.29) is 6.04 Å². The molecule has 0 spiro atoms. The number of carbonyl (C=O) groups is 1. The van der Waals surface area contributed by atoms with Crippen LogP contribution in [0.2, 0.25) is 0 Å². The monoisotopic (exact) mass is 299 g/mol. The summed E-state index contributed by atoms with van der Waals surface area (Å²) in [6.45, 7) is 4.04. The Morgan fingerprint density at radius 3 is 2.85 bits per heavy atom. The molecule has 112 valence electrons. The van der Waals surface area contributed by atoms with Crippen LogP contribution in [0, 0.1) is 0 Å². The number of aromatic nitrogens is 2. The standard InChI is InChI=1S/C13H21N3O3S/c1-3-19-13(18)10-11(14)16(15-12(10)20-4-2)8-6-5-7-9(8)17/h8-9,17H,3-7,14H2,1-2H3. The Labute approximate surface area is 122 Å². The van der Waals surface area contributed by atoms with Crippen LogP contribution in [0.5, 0.6) is 0 Å². The van der Waals surface area contributed by atoms with Gasteiger partial charge in [0.2, 0.25) is 0 Å². The Kier molecular flexibility index (Phi) is 4.93. The first-order chi connectivity index (χ1) is 9.60. The van der Waals surface area contributed by atoms with Gasteiger partial charge in [0.15, 0.2) is 0 Å². The SMILES string of the molecule is CCOC(=O)c1c(SCC)nn(C2CCCC2O)c1N. The first kappa shape index (κ1) is 15.2. The number of nitrogen functional groups attached to an aromatic ring is 1. The number of rotatable bonds is 5. The molecule has 20 heavy (non-hydrogen) atoms. The smallest absolute Gasteiger partial charge is 0.344 e. The first-order valence-electron chi connectivity index (χ1n) is 6.96. The van der Waals surface area contributed by atoms with Gasteiger partial charge < -0.3 is 15.6 Å². The van der Waals surface area contributed by atoms with Crippen molar-refractivity contribution in [3.63, 3.8) is 0 Å². The van der Waals surface area contributed by atoms with E-state index in [1.165, 1.54) is 11.8 Å². The molecule has 0 aliphatic heterocycles. The number of esters is 1. The van der Waals surface area contributed by atoms with Gasteiger partial charge in [0.05, 0.1) is 18.8 Å². The third-order valence-electron chi connectivity index (χ3n) is 3.43. The van der Waals surface area contributed by atoms with Crippen molar-refractivity contribution in [2.24, 2.45) is 0 Å². The van der Waals surface area contributed by atoms with Gasteiger partial charge in [0, 0.05) is 0 Å². The highest BCUT2D eigenvalue weighted by molar-refractivity contribution is 7.99. The van der Waals surface area contributed by atoms with E-state index in [1.807, 2.05) is 6.92 Å². The van der Waals surface area contributed by atoms with Crippen molar-refractivity contribution in [2.45, 2.75) is 50.3 Å². The number of thioether (sulfide) groups is 1. The molecule has 7 heteroatoms. The minimum Gasteiger partial charge on any atom is -0.462 e. The van der Waals surface area contributed by atoms with Crippen molar-refractivity contribution >= 4 is 23.5 Å². The average molecular weight is 299 g/mol. The fourth-order valence-electron chi connectivity index (χ4n) is 2.52. The molecule has 1 aromatic rings. The lowest BCUT2D eigenvalue weighted by atomic mass is 10.2. The van der Waals surface area contributed by atoms with E-state index in [4.69, 9.17) is 10.5 Å². The number of nitrogens with zero attached hydrogens (tertiary/aromatic N) is 2. The van der Waals surface area contributed by atoms with Crippen LogP contribution in [0.1, 0.15) is 49.5 Å². The molecule has 1 aliphatic carbocycles. The van der Waals surface area contributed by atoms with Gasteiger partial charge in [-0.1, -0.05) is 6.92 Å². The second-order valence-corrected chi connectivity index (χ2v) is 5.98. The molecule has 6 nitrogen and oxygen atoms in total. The number of aliphatic hydroxyl groups excluding tert-OH is 1. The molecule has 1 heterocycles. The molecule has 2 rings (SSSR count). The van der Waals surface area contributed by atoms with Crippen LogP contribution in [0.3, 0.4) is 0 Å². The predicted octanol–water partition coefficient (Wildman–Crippen LogP) is 1.84. The summed E-state index contributed by atoms with van der Waals surface area (Å²) in [6, 6.07) is -0.144. The number of nitrogens with two attached hydrogens (primary N) is 1. The molecule has 0 radical (unpaired) electrons. The van der Waals surface area contributed by atoms with E-state index in [0.29, 0.717) is 23.0 Å². The van der Waals surface area contributed by atoms with Gasteiger partial charge >= 0.3 is 5.97 Å². The van der Waals surface area contributed by atoms with Crippen molar-refractivity contribution in [2.75, 3.05) is 18.1 Å². The highest BCUT2D eigenvalue weighted by atomic mass is 32.2. The van der Waals surface area contributed by atoms with Gasteiger partial charge in [-0.15, -0.1) is 11.8 Å². The molecule has 2 atom stereocenters. The minimum absolute atomic E-state index is 0.144. The van der Waals surface area contributed by atoms with E-state index in [0.717, 1.165) is 25.0 Å². The molecule has 2 unspecified atom stereocenters. The fraction of sp³-hybridized carbons (Fsp3) is 0.692. The summed E-state index contributed by atoms with van der Waals surface area (Å²) in [5.41, 5.74) is 6.41. The minimum atomic E-state index is -0.452. The number of ether oxygens (including phenoxy) is 1. The molecule has 0 aromatic carbocycles. The number of hydrogen-bond donors (Lipinski definition) is 2. The number of carbonyl (C=O) groups excluding carboxylic acids is 1. The summed E-state index contributed by atoms with van der Waals surface area (Å²) >= 11 is 1.46. The lowest BCUT2D eigenvalue weighted by Crippen LogP contribution is -2.21. The molecule has 1 fully saturated rings. The zero-order chi connectivity index (χ0) is 14.7. The molecule has 3 N–H and O–H groups in total. The third-order valence-corrected chi connectivity index (χ3v) is 4.28. The van der Waals surface area contributed by atoms with E-state index in [1.54, 1.807) is 11.6 Å². The zero-order valence-corrected chi connectivity index (χ0v) is 12.7. The normalized spacial score (nSPS) is 22.1. The summed E-state index contributed by atoms with van der Waals surface area (Å²) in [5.74, 6) is 0.640. The Morgan fingerprint density at radius 2 is 2.30 bits per heavy atom. The van der Waals surface area contributed by atoms with Crippen LogP contribution >= 0.6 is 11.8 Å². The maximum absolute atomic E-state index is 12.0. The van der Waals surface area contributed by atoms with Gasteiger partial charge in [0.1, 0.15) is 16.4 Å². The number of hydrogen-bond acceptors (Lipinski definition) is 6. The highest BCUT2D eigenvalue weighted by Crippen LogP contribution is 2.35. The topological polar surface area (TPSA) is 90.4 Å². The van der Waals surface area contributed by atoms with Crippen LogP contribution < -0.4 is 5.73 Å². The van der Waals surface area contributed by atoms with Gasteiger partial charge in [-0.2, -0.15) is 5.10 Å². The van der Waals surface area contributed by atoms with Crippen LogP contribution in [-0.2, 0) is 4.74 Å². The molecule has 1 saturated carbocycles. The maximum atomic E-state index is 12.0. The molecular weight excluding hydrogens is 278 g/mol. The highest BCUT2D eigenvalue weighted by Gasteiger charge is 2.32. The van der Waals surface area contributed by atoms with Crippen molar-refractivity contribution in [1.29, 1.82) is 0 Å². The Balaban J connectivity index is 2.39. The summed E-state index contributed by atoms with van der Waals surface area (Å²) in [4.78, 5) is 12.0. The largest absolute Gasteiger partial charge is 0.462 e. The van der Waals surface area contributed by atoms with Crippen LogP contribution in [-0.4, -0.2) is 39.3 Å². The summed E-state index contributed by atoms with van der Waals surface area (Å²) in [6.07, 6.45) is 2.06. The van der Waals surface area contributed by atoms with Crippen LogP contribution in [0.15, 0.2) is 5.03 Å².